The van der Waals surface area contributed by atoms with Crippen molar-refractivity contribution in [2.45, 2.75) is 64.6 Å². The smallest absolute Gasteiger partial charge is 0.267 e. The zero-order valence-electron chi connectivity index (χ0n) is 22.0. The van der Waals surface area contributed by atoms with Crippen molar-refractivity contribution in [1.29, 1.82) is 0 Å². The minimum Gasteiger partial charge on any atom is -0.388 e. The van der Waals surface area contributed by atoms with E-state index in [1.54, 1.807) is 62.1 Å². The third-order valence-electron chi connectivity index (χ3n) is 7.12. The number of halogens is 1. The summed E-state index contributed by atoms with van der Waals surface area (Å²) in [5.74, 6) is -1.15. The molecule has 9 heteroatoms. The molecule has 2 amide bonds. The summed E-state index contributed by atoms with van der Waals surface area (Å²) in [6.45, 7) is 6.70. The summed E-state index contributed by atoms with van der Waals surface area (Å²) in [7, 11) is 0. The number of aromatic nitrogens is 2. The van der Waals surface area contributed by atoms with E-state index in [0.29, 0.717) is 41.6 Å². The van der Waals surface area contributed by atoms with Crippen molar-refractivity contribution < 1.29 is 19.1 Å². The van der Waals surface area contributed by atoms with Gasteiger partial charge in [-0.3, -0.25) is 14.4 Å². The lowest BCUT2D eigenvalue weighted by molar-refractivity contribution is -0.138. The Labute approximate surface area is 220 Å². The lowest BCUT2D eigenvalue weighted by Crippen LogP contribution is -2.51. The highest BCUT2D eigenvalue weighted by Gasteiger charge is 2.44. The van der Waals surface area contributed by atoms with Gasteiger partial charge in [-0.2, -0.15) is 5.10 Å². The third-order valence-corrected chi connectivity index (χ3v) is 7.12. The van der Waals surface area contributed by atoms with Gasteiger partial charge in [-0.05, 0) is 87.6 Å². The van der Waals surface area contributed by atoms with Gasteiger partial charge in [-0.15, -0.1) is 0 Å². The molecule has 2 aromatic carbocycles. The summed E-state index contributed by atoms with van der Waals surface area (Å²) < 4.78 is 13.9. The number of likely N-dealkylation sites (tertiary alicyclic amines) is 1. The van der Waals surface area contributed by atoms with E-state index in [1.807, 2.05) is 6.92 Å². The van der Waals surface area contributed by atoms with Gasteiger partial charge in [0.05, 0.1) is 29.9 Å². The van der Waals surface area contributed by atoms with Crippen LogP contribution < -0.4 is 10.9 Å². The number of aryl methyl sites for hydroxylation is 2. The van der Waals surface area contributed by atoms with Crippen molar-refractivity contribution in [2.75, 3.05) is 6.54 Å². The Morgan fingerprint density at radius 3 is 2.58 bits per heavy atom. The van der Waals surface area contributed by atoms with Gasteiger partial charge in [-0.25, -0.2) is 9.49 Å². The highest BCUT2D eigenvalue weighted by molar-refractivity contribution is 5.96. The molecule has 0 radical (unpaired) electrons. The van der Waals surface area contributed by atoms with Gasteiger partial charge >= 0.3 is 0 Å². The van der Waals surface area contributed by atoms with E-state index < -0.39 is 29.4 Å². The molecular formula is C29H33FN4O4. The first-order valence-corrected chi connectivity index (χ1v) is 12.7. The number of carbonyl (C=O) groups is 2. The average molecular weight is 521 g/mol. The Morgan fingerprint density at radius 2 is 1.89 bits per heavy atom. The van der Waals surface area contributed by atoms with E-state index in [4.69, 9.17) is 0 Å². The third kappa shape index (κ3) is 5.99. The van der Waals surface area contributed by atoms with Crippen molar-refractivity contribution in [1.82, 2.24) is 20.4 Å². The molecule has 4 rings (SSSR count). The van der Waals surface area contributed by atoms with Crippen molar-refractivity contribution in [3.63, 3.8) is 0 Å². The van der Waals surface area contributed by atoms with Gasteiger partial charge in [0.2, 0.25) is 5.91 Å². The molecule has 0 spiro atoms. The molecule has 8 nitrogen and oxygen atoms in total. The molecule has 1 saturated heterocycles. The molecular weight excluding hydrogens is 487 g/mol. The normalized spacial score (nSPS) is 17.5. The van der Waals surface area contributed by atoms with Crippen LogP contribution in [-0.4, -0.2) is 50.2 Å². The van der Waals surface area contributed by atoms with Crippen LogP contribution in [0.4, 0.5) is 4.39 Å². The summed E-state index contributed by atoms with van der Waals surface area (Å²) >= 11 is 0. The molecule has 0 saturated carbocycles. The predicted molar refractivity (Wildman–Crippen MR) is 141 cm³/mol. The molecule has 0 bridgehead atoms. The van der Waals surface area contributed by atoms with Gasteiger partial charge in [0.15, 0.2) is 0 Å². The Hall–Kier alpha value is -3.85. The topological polar surface area (TPSA) is 115 Å². The van der Waals surface area contributed by atoms with E-state index >= 15 is 0 Å². The maximum absolute atomic E-state index is 13.9. The minimum atomic E-state index is -1.16. The van der Waals surface area contributed by atoms with Crippen LogP contribution in [0.5, 0.6) is 0 Å². The molecule has 0 unspecified atom stereocenters. The molecule has 2 heterocycles. The fourth-order valence-electron chi connectivity index (χ4n) is 5.18. The standard InChI is InChI=1S/C29H33FN4O4/c1-17-12-21(9-8-19(17)14-22-13-18(2)32-33-28(22)37)27(36)31-16-26(35)34-24(10-11-25(34)29(3,4)38)20-6-5-7-23(30)15-20/h5-9,12-13,15,24-25,38H,10-11,14,16H2,1-4H3,(H,31,36)(H,33,37)/t24-,25+/m0/s1. The minimum absolute atomic E-state index is 0.252. The Balaban J connectivity index is 1.47. The van der Waals surface area contributed by atoms with Crippen LogP contribution in [-0.2, 0) is 11.2 Å². The molecule has 3 N–H and O–H groups in total. The Morgan fingerprint density at radius 1 is 1.13 bits per heavy atom. The highest BCUT2D eigenvalue weighted by Crippen LogP contribution is 2.40. The maximum Gasteiger partial charge on any atom is 0.267 e. The number of nitrogens with one attached hydrogen (secondary N) is 2. The predicted octanol–water partition coefficient (Wildman–Crippen LogP) is 3.35. The molecule has 38 heavy (non-hydrogen) atoms. The van der Waals surface area contributed by atoms with E-state index in [2.05, 4.69) is 15.5 Å². The van der Waals surface area contributed by atoms with Gasteiger partial charge in [0, 0.05) is 17.5 Å². The monoisotopic (exact) mass is 520 g/mol. The number of H-pyrrole nitrogens is 1. The quantitative estimate of drug-likeness (QED) is 0.442. The summed E-state index contributed by atoms with van der Waals surface area (Å²) in [4.78, 5) is 39.9. The molecule has 2 atom stereocenters. The number of hydrogen-bond donors (Lipinski definition) is 3. The number of amides is 2. The number of aromatic amines is 1. The summed E-state index contributed by atoms with van der Waals surface area (Å²) in [6.07, 6.45) is 1.54. The number of aliphatic hydroxyl groups is 1. The number of rotatable bonds is 7. The van der Waals surface area contributed by atoms with Crippen LogP contribution in [0.1, 0.15) is 71.0 Å². The zero-order valence-corrected chi connectivity index (χ0v) is 22.0. The number of benzene rings is 2. The number of carbonyl (C=O) groups excluding carboxylic acids is 2. The van der Waals surface area contributed by atoms with Crippen molar-refractivity contribution in [3.05, 3.63) is 98.2 Å². The van der Waals surface area contributed by atoms with Crippen LogP contribution in [0, 0.1) is 19.7 Å². The van der Waals surface area contributed by atoms with Crippen LogP contribution >= 0.6 is 0 Å². The fourth-order valence-corrected chi connectivity index (χ4v) is 5.18. The molecule has 1 aliphatic heterocycles. The van der Waals surface area contributed by atoms with Crippen molar-refractivity contribution >= 4 is 11.8 Å². The van der Waals surface area contributed by atoms with E-state index in [0.717, 1.165) is 11.1 Å². The van der Waals surface area contributed by atoms with Crippen LogP contribution in [0.2, 0.25) is 0 Å². The second kappa shape index (κ2) is 10.9. The first-order valence-electron chi connectivity index (χ1n) is 12.7. The van der Waals surface area contributed by atoms with E-state index in [1.165, 1.54) is 12.1 Å². The lowest BCUT2D eigenvalue weighted by Gasteiger charge is -2.37. The van der Waals surface area contributed by atoms with Crippen LogP contribution in [0.15, 0.2) is 53.3 Å². The maximum atomic E-state index is 13.9. The first kappa shape index (κ1) is 27.2. The molecule has 1 fully saturated rings. The lowest BCUT2D eigenvalue weighted by atomic mass is 9.96. The zero-order chi connectivity index (χ0) is 27.6. The molecule has 200 valence electrons. The SMILES string of the molecule is Cc1cc(Cc2ccc(C(=O)NCC(=O)N3[C@H](c4cccc(F)c4)CC[C@@H]3C(C)(C)O)cc2C)c(=O)[nH]n1. The summed E-state index contributed by atoms with van der Waals surface area (Å²) in [6, 6.07) is 12.2. The van der Waals surface area contributed by atoms with Gasteiger partial charge < -0.3 is 15.3 Å². The van der Waals surface area contributed by atoms with Crippen molar-refractivity contribution in [2.24, 2.45) is 0 Å². The van der Waals surface area contributed by atoms with E-state index in [9.17, 15) is 23.9 Å². The van der Waals surface area contributed by atoms with Gasteiger partial charge in [0.25, 0.3) is 11.5 Å². The number of nitrogens with zero attached hydrogens (tertiary/aromatic N) is 2. The Bertz CT molecular complexity index is 1410. The first-order chi connectivity index (χ1) is 17.9. The highest BCUT2D eigenvalue weighted by atomic mass is 19.1. The van der Waals surface area contributed by atoms with Crippen molar-refractivity contribution in [3.8, 4) is 0 Å². The van der Waals surface area contributed by atoms with E-state index in [-0.39, 0.29) is 18.0 Å². The second-order valence-corrected chi connectivity index (χ2v) is 10.5. The number of hydrogen-bond acceptors (Lipinski definition) is 5. The Kier molecular flexibility index (Phi) is 7.78. The summed E-state index contributed by atoms with van der Waals surface area (Å²) in [5, 5.41) is 19.8. The molecule has 0 aliphatic carbocycles. The average Bonchev–Trinajstić information content (AvgIpc) is 3.32. The largest absolute Gasteiger partial charge is 0.388 e. The molecule has 1 aromatic heterocycles. The van der Waals surface area contributed by atoms with Crippen LogP contribution in [0.3, 0.4) is 0 Å². The van der Waals surface area contributed by atoms with Crippen LogP contribution in [0.25, 0.3) is 0 Å². The fraction of sp³-hybridized carbons (Fsp3) is 0.379. The summed E-state index contributed by atoms with van der Waals surface area (Å²) in [5.41, 5.74) is 2.67. The van der Waals surface area contributed by atoms with Gasteiger partial charge in [-0.1, -0.05) is 18.2 Å². The second-order valence-electron chi connectivity index (χ2n) is 10.5. The van der Waals surface area contributed by atoms with Gasteiger partial charge in [0.1, 0.15) is 5.82 Å². The molecule has 3 aromatic rings. The molecule has 1 aliphatic rings.